The number of nitrogen functional groups attached to an aromatic ring is 1. The molecule has 2 aromatic carbocycles. The van der Waals surface area contributed by atoms with Crippen LogP contribution < -0.4 is 10.5 Å². The highest BCUT2D eigenvalue weighted by molar-refractivity contribution is 9.10. The SMILES string of the molecule is Cc1ccc(Oc2ccc(N)c3cccnc23)c(Br)c1. The van der Waals surface area contributed by atoms with Gasteiger partial charge in [-0.15, -0.1) is 0 Å². The van der Waals surface area contributed by atoms with Crippen LogP contribution in [-0.2, 0) is 0 Å². The van der Waals surface area contributed by atoms with E-state index >= 15 is 0 Å². The molecule has 0 saturated carbocycles. The van der Waals surface area contributed by atoms with Gasteiger partial charge in [-0.1, -0.05) is 6.07 Å². The predicted octanol–water partition coefficient (Wildman–Crippen LogP) is 4.68. The van der Waals surface area contributed by atoms with Crippen molar-refractivity contribution in [3.05, 3.63) is 58.7 Å². The fourth-order valence-corrected chi connectivity index (χ4v) is 2.63. The second-order valence-electron chi connectivity index (χ2n) is 4.59. The molecule has 0 aliphatic carbocycles. The molecule has 4 heteroatoms. The van der Waals surface area contributed by atoms with Gasteiger partial charge in [0.25, 0.3) is 0 Å². The zero-order chi connectivity index (χ0) is 14.1. The van der Waals surface area contributed by atoms with Gasteiger partial charge in [0, 0.05) is 17.3 Å². The van der Waals surface area contributed by atoms with E-state index in [9.17, 15) is 0 Å². The second-order valence-corrected chi connectivity index (χ2v) is 5.44. The fourth-order valence-electron chi connectivity index (χ4n) is 2.06. The minimum absolute atomic E-state index is 0.694. The van der Waals surface area contributed by atoms with Crippen molar-refractivity contribution in [1.29, 1.82) is 0 Å². The van der Waals surface area contributed by atoms with Crippen LogP contribution in [0.2, 0.25) is 0 Å². The Bertz CT molecular complexity index is 787. The quantitative estimate of drug-likeness (QED) is 0.695. The van der Waals surface area contributed by atoms with Gasteiger partial charge in [-0.3, -0.25) is 4.98 Å². The summed E-state index contributed by atoms with van der Waals surface area (Å²) in [6, 6.07) is 13.4. The van der Waals surface area contributed by atoms with Crippen LogP contribution in [0.5, 0.6) is 11.5 Å². The van der Waals surface area contributed by atoms with Crippen molar-refractivity contribution in [2.24, 2.45) is 0 Å². The van der Waals surface area contributed by atoms with Gasteiger partial charge in [0.15, 0.2) is 5.75 Å². The highest BCUT2D eigenvalue weighted by atomic mass is 79.9. The molecule has 0 atom stereocenters. The first-order valence-corrected chi connectivity index (χ1v) is 7.01. The molecule has 2 N–H and O–H groups in total. The number of hydrogen-bond donors (Lipinski definition) is 1. The zero-order valence-corrected chi connectivity index (χ0v) is 12.5. The average molecular weight is 329 g/mol. The van der Waals surface area contributed by atoms with Crippen LogP contribution in [0.3, 0.4) is 0 Å². The number of nitrogens with two attached hydrogens (primary N) is 1. The van der Waals surface area contributed by atoms with Gasteiger partial charge in [-0.05, 0) is 64.8 Å². The molecule has 0 amide bonds. The van der Waals surface area contributed by atoms with Gasteiger partial charge in [-0.2, -0.15) is 0 Å². The van der Waals surface area contributed by atoms with Gasteiger partial charge in [-0.25, -0.2) is 0 Å². The maximum absolute atomic E-state index is 5.97. The lowest BCUT2D eigenvalue weighted by atomic mass is 10.1. The molecule has 3 nitrogen and oxygen atoms in total. The monoisotopic (exact) mass is 328 g/mol. The van der Waals surface area contributed by atoms with Crippen LogP contribution in [0.1, 0.15) is 5.56 Å². The Morgan fingerprint density at radius 2 is 1.90 bits per heavy atom. The number of aromatic nitrogens is 1. The Hall–Kier alpha value is -2.07. The highest BCUT2D eigenvalue weighted by Crippen LogP contribution is 2.35. The summed E-state index contributed by atoms with van der Waals surface area (Å²) in [5.41, 5.74) is 8.60. The van der Waals surface area contributed by atoms with Crippen molar-refractivity contribution in [3.8, 4) is 11.5 Å². The van der Waals surface area contributed by atoms with E-state index in [1.54, 1.807) is 6.20 Å². The Labute approximate surface area is 125 Å². The third-order valence-corrected chi connectivity index (χ3v) is 3.69. The highest BCUT2D eigenvalue weighted by Gasteiger charge is 2.09. The Kier molecular flexibility index (Phi) is 3.32. The van der Waals surface area contributed by atoms with E-state index in [2.05, 4.69) is 20.9 Å². The van der Waals surface area contributed by atoms with Gasteiger partial charge in [0.1, 0.15) is 11.3 Å². The van der Waals surface area contributed by atoms with Gasteiger partial charge in [0.2, 0.25) is 0 Å². The summed E-state index contributed by atoms with van der Waals surface area (Å²) in [5.74, 6) is 1.45. The minimum Gasteiger partial charge on any atom is -0.454 e. The maximum Gasteiger partial charge on any atom is 0.153 e. The normalized spacial score (nSPS) is 10.7. The molecule has 0 radical (unpaired) electrons. The first kappa shape index (κ1) is 12.9. The maximum atomic E-state index is 5.97. The number of fused-ring (bicyclic) bond motifs is 1. The lowest BCUT2D eigenvalue weighted by molar-refractivity contribution is 0.484. The molecular weight excluding hydrogens is 316 g/mol. The molecule has 0 saturated heterocycles. The Balaban J connectivity index is 2.09. The van der Waals surface area contributed by atoms with E-state index in [1.807, 2.05) is 49.4 Å². The van der Waals surface area contributed by atoms with Crippen LogP contribution in [-0.4, -0.2) is 4.98 Å². The largest absolute Gasteiger partial charge is 0.454 e. The minimum atomic E-state index is 0.694. The third kappa shape index (κ3) is 2.34. The van der Waals surface area contributed by atoms with Crippen molar-refractivity contribution < 1.29 is 4.74 Å². The van der Waals surface area contributed by atoms with Gasteiger partial charge < -0.3 is 10.5 Å². The van der Waals surface area contributed by atoms with E-state index < -0.39 is 0 Å². The second kappa shape index (κ2) is 5.13. The summed E-state index contributed by atoms with van der Waals surface area (Å²) in [7, 11) is 0. The van der Waals surface area contributed by atoms with Crippen molar-refractivity contribution in [1.82, 2.24) is 4.98 Å². The standard InChI is InChI=1S/C16H13BrN2O/c1-10-4-6-14(12(17)9-10)20-15-7-5-13(18)11-3-2-8-19-16(11)15/h2-9H,18H2,1H3. The van der Waals surface area contributed by atoms with Crippen molar-refractivity contribution in [2.45, 2.75) is 6.92 Å². The van der Waals surface area contributed by atoms with Crippen LogP contribution in [0.4, 0.5) is 5.69 Å². The molecule has 0 spiro atoms. The first-order chi connectivity index (χ1) is 9.65. The molecule has 1 aromatic heterocycles. The van der Waals surface area contributed by atoms with Gasteiger partial charge >= 0.3 is 0 Å². The van der Waals surface area contributed by atoms with E-state index in [-0.39, 0.29) is 0 Å². The molecule has 0 aliphatic heterocycles. The molecule has 0 fully saturated rings. The number of pyridine rings is 1. The number of ether oxygens (including phenoxy) is 1. The topological polar surface area (TPSA) is 48.1 Å². The molecule has 3 aromatic rings. The average Bonchev–Trinajstić information content (AvgIpc) is 2.45. The third-order valence-electron chi connectivity index (χ3n) is 3.07. The molecular formula is C16H13BrN2O. The van der Waals surface area contributed by atoms with Gasteiger partial charge in [0.05, 0.1) is 4.47 Å². The number of halogens is 1. The van der Waals surface area contributed by atoms with Crippen molar-refractivity contribution >= 4 is 32.5 Å². The number of nitrogens with zero attached hydrogens (tertiary/aromatic N) is 1. The summed E-state index contributed by atoms with van der Waals surface area (Å²) in [6.07, 6.45) is 1.73. The summed E-state index contributed by atoms with van der Waals surface area (Å²) < 4.78 is 6.88. The molecule has 3 rings (SSSR count). The smallest absolute Gasteiger partial charge is 0.153 e. The van der Waals surface area contributed by atoms with Crippen molar-refractivity contribution in [2.75, 3.05) is 5.73 Å². The summed E-state index contributed by atoms with van der Waals surface area (Å²) in [6.45, 7) is 2.04. The summed E-state index contributed by atoms with van der Waals surface area (Å²) in [5, 5.41) is 0.897. The fraction of sp³-hybridized carbons (Fsp3) is 0.0625. The molecule has 0 unspecified atom stereocenters. The summed E-state index contributed by atoms with van der Waals surface area (Å²) in [4.78, 5) is 4.37. The lowest BCUT2D eigenvalue weighted by Gasteiger charge is -2.11. The molecule has 1 heterocycles. The van der Waals surface area contributed by atoms with Crippen molar-refractivity contribution in [3.63, 3.8) is 0 Å². The van der Waals surface area contributed by atoms with E-state index in [0.29, 0.717) is 11.4 Å². The number of hydrogen-bond acceptors (Lipinski definition) is 3. The molecule has 100 valence electrons. The van der Waals surface area contributed by atoms with Crippen LogP contribution in [0.15, 0.2) is 53.1 Å². The Morgan fingerprint density at radius 3 is 2.70 bits per heavy atom. The number of aryl methyl sites for hydroxylation is 1. The lowest BCUT2D eigenvalue weighted by Crippen LogP contribution is -1.93. The predicted molar refractivity (Wildman–Crippen MR) is 85.1 cm³/mol. The summed E-state index contributed by atoms with van der Waals surface area (Å²) >= 11 is 3.51. The first-order valence-electron chi connectivity index (χ1n) is 6.22. The van der Waals surface area contributed by atoms with E-state index in [0.717, 1.165) is 21.1 Å². The number of rotatable bonds is 2. The Morgan fingerprint density at radius 1 is 1.10 bits per heavy atom. The number of anilines is 1. The number of benzene rings is 2. The van der Waals surface area contributed by atoms with E-state index in [1.165, 1.54) is 5.56 Å². The molecule has 20 heavy (non-hydrogen) atoms. The molecule has 0 aliphatic rings. The molecule has 0 bridgehead atoms. The van der Waals surface area contributed by atoms with Crippen LogP contribution in [0.25, 0.3) is 10.9 Å². The van der Waals surface area contributed by atoms with Crippen LogP contribution >= 0.6 is 15.9 Å². The van der Waals surface area contributed by atoms with Crippen LogP contribution in [0, 0.1) is 6.92 Å². The zero-order valence-electron chi connectivity index (χ0n) is 10.9. The van der Waals surface area contributed by atoms with E-state index in [4.69, 9.17) is 10.5 Å².